The average molecular weight is 452 g/mol. The van der Waals surface area contributed by atoms with Gasteiger partial charge < -0.3 is 24.6 Å². The molecular weight excluding hydrogens is 423 g/mol. The Morgan fingerprint density at radius 3 is 2.83 bits per heavy atom. The molecule has 0 aliphatic carbocycles. The first-order valence-electron chi connectivity index (χ1n) is 8.20. The third kappa shape index (κ3) is 6.94. The molecule has 8 heteroatoms. The second-order valence-corrected chi connectivity index (χ2v) is 6.16. The van der Waals surface area contributed by atoms with Gasteiger partial charge in [-0.25, -0.2) is 0 Å². The summed E-state index contributed by atoms with van der Waals surface area (Å²) in [5.74, 6) is 1.87. The predicted octanol–water partition coefficient (Wildman–Crippen LogP) is 2.27. The lowest BCUT2D eigenvalue weighted by atomic mass is 10.1. The molecule has 0 amide bonds. The zero-order valence-electron chi connectivity index (χ0n) is 14.9. The SMILES string of the molecule is CN=C(NCc1cc(C(C)C)no1)NC(C)COC1CCOC1.I. The highest BCUT2D eigenvalue weighted by Crippen LogP contribution is 2.13. The Bertz CT molecular complexity index is 501. The van der Waals surface area contributed by atoms with Gasteiger partial charge in [0.2, 0.25) is 0 Å². The van der Waals surface area contributed by atoms with Crippen molar-refractivity contribution in [3.05, 3.63) is 17.5 Å². The minimum absolute atomic E-state index is 0. The number of guanidine groups is 1. The number of halogens is 1. The van der Waals surface area contributed by atoms with E-state index in [1.54, 1.807) is 7.05 Å². The molecule has 2 N–H and O–H groups in total. The molecule has 0 spiro atoms. The number of nitrogens with zero attached hydrogens (tertiary/aromatic N) is 2. The standard InChI is InChI=1S/C16H28N4O3.HI/c1-11(2)15-7-14(23-20-15)8-18-16(17-4)19-12(3)9-22-13-5-6-21-10-13;/h7,11-13H,5-6,8-10H2,1-4H3,(H2,17,18,19);1H. The van der Waals surface area contributed by atoms with E-state index in [-0.39, 0.29) is 36.1 Å². The van der Waals surface area contributed by atoms with Crippen LogP contribution in [0.2, 0.25) is 0 Å². The summed E-state index contributed by atoms with van der Waals surface area (Å²) in [7, 11) is 1.74. The largest absolute Gasteiger partial charge is 0.379 e. The molecule has 0 bridgehead atoms. The van der Waals surface area contributed by atoms with E-state index in [1.165, 1.54) is 0 Å². The number of aliphatic imine (C=N–C) groups is 1. The predicted molar refractivity (Wildman–Crippen MR) is 104 cm³/mol. The third-order valence-corrected chi connectivity index (χ3v) is 3.68. The third-order valence-electron chi connectivity index (χ3n) is 3.68. The number of hydrogen-bond donors (Lipinski definition) is 2. The lowest BCUT2D eigenvalue weighted by molar-refractivity contribution is 0.0347. The Hall–Kier alpha value is -0.870. The summed E-state index contributed by atoms with van der Waals surface area (Å²) in [6.45, 7) is 8.90. The van der Waals surface area contributed by atoms with Gasteiger partial charge in [-0.05, 0) is 19.3 Å². The Balaban J connectivity index is 0.00000288. The van der Waals surface area contributed by atoms with Crippen molar-refractivity contribution in [2.45, 2.75) is 51.8 Å². The van der Waals surface area contributed by atoms with Crippen molar-refractivity contribution in [1.82, 2.24) is 15.8 Å². The maximum atomic E-state index is 5.80. The zero-order chi connectivity index (χ0) is 16.7. The Labute approximate surface area is 161 Å². The Morgan fingerprint density at radius 2 is 2.25 bits per heavy atom. The van der Waals surface area contributed by atoms with Gasteiger partial charge in [0.25, 0.3) is 0 Å². The van der Waals surface area contributed by atoms with Crippen LogP contribution in [0.25, 0.3) is 0 Å². The van der Waals surface area contributed by atoms with Crippen LogP contribution in [-0.4, -0.2) is 50.1 Å². The van der Waals surface area contributed by atoms with E-state index >= 15 is 0 Å². The second kappa shape index (κ2) is 10.9. The van der Waals surface area contributed by atoms with Crippen molar-refractivity contribution < 1.29 is 14.0 Å². The normalized spacial score (nSPS) is 19.2. The molecular formula is C16H29IN4O3. The first kappa shape index (κ1) is 21.2. The number of rotatable bonds is 7. The lowest BCUT2D eigenvalue weighted by Crippen LogP contribution is -2.44. The first-order chi connectivity index (χ1) is 11.1. The molecule has 7 nitrogen and oxygen atoms in total. The Morgan fingerprint density at radius 1 is 1.46 bits per heavy atom. The van der Waals surface area contributed by atoms with Crippen molar-refractivity contribution in [2.75, 3.05) is 26.9 Å². The van der Waals surface area contributed by atoms with Crippen molar-refractivity contribution in [3.63, 3.8) is 0 Å². The lowest BCUT2D eigenvalue weighted by Gasteiger charge is -2.19. The van der Waals surface area contributed by atoms with Crippen molar-refractivity contribution in [3.8, 4) is 0 Å². The van der Waals surface area contributed by atoms with Crippen LogP contribution in [0.15, 0.2) is 15.6 Å². The molecule has 1 aliphatic heterocycles. The molecule has 1 aromatic rings. The Kier molecular flexibility index (Phi) is 9.60. The molecule has 1 fully saturated rings. The highest BCUT2D eigenvalue weighted by molar-refractivity contribution is 14.0. The molecule has 24 heavy (non-hydrogen) atoms. The molecule has 2 rings (SSSR count). The molecule has 138 valence electrons. The maximum Gasteiger partial charge on any atom is 0.191 e. The van der Waals surface area contributed by atoms with Crippen LogP contribution in [0.4, 0.5) is 0 Å². The van der Waals surface area contributed by atoms with E-state index in [0.29, 0.717) is 31.6 Å². The van der Waals surface area contributed by atoms with Gasteiger partial charge in [-0.3, -0.25) is 4.99 Å². The summed E-state index contributed by atoms with van der Waals surface area (Å²) < 4.78 is 16.4. The van der Waals surface area contributed by atoms with E-state index in [0.717, 1.165) is 24.5 Å². The van der Waals surface area contributed by atoms with Gasteiger partial charge in [-0.2, -0.15) is 0 Å². The topological polar surface area (TPSA) is 80.9 Å². The fraction of sp³-hybridized carbons (Fsp3) is 0.750. The fourth-order valence-electron chi connectivity index (χ4n) is 2.25. The monoisotopic (exact) mass is 452 g/mol. The minimum Gasteiger partial charge on any atom is -0.379 e. The van der Waals surface area contributed by atoms with Gasteiger partial charge in [0.05, 0.1) is 31.6 Å². The zero-order valence-corrected chi connectivity index (χ0v) is 17.2. The number of aromatic nitrogens is 1. The number of ether oxygens (including phenoxy) is 2. The highest BCUT2D eigenvalue weighted by Gasteiger charge is 2.17. The summed E-state index contributed by atoms with van der Waals surface area (Å²) in [4.78, 5) is 4.22. The van der Waals surface area contributed by atoms with Crippen molar-refractivity contribution in [1.29, 1.82) is 0 Å². The van der Waals surface area contributed by atoms with Crippen LogP contribution in [0.1, 0.15) is 44.6 Å². The summed E-state index contributed by atoms with van der Waals surface area (Å²) in [5.41, 5.74) is 0.963. The summed E-state index contributed by atoms with van der Waals surface area (Å²) >= 11 is 0. The minimum atomic E-state index is 0. The molecule has 2 unspecified atom stereocenters. The molecule has 0 saturated carbocycles. The molecule has 2 heterocycles. The summed E-state index contributed by atoms with van der Waals surface area (Å²) in [6.07, 6.45) is 1.20. The van der Waals surface area contributed by atoms with Crippen LogP contribution in [0.3, 0.4) is 0 Å². The van der Waals surface area contributed by atoms with Crippen LogP contribution in [0.5, 0.6) is 0 Å². The van der Waals surface area contributed by atoms with E-state index < -0.39 is 0 Å². The van der Waals surface area contributed by atoms with Crippen LogP contribution in [-0.2, 0) is 16.0 Å². The van der Waals surface area contributed by atoms with Crippen molar-refractivity contribution >= 4 is 29.9 Å². The quantitative estimate of drug-likeness (QED) is 0.376. The molecule has 1 aromatic heterocycles. The van der Waals surface area contributed by atoms with Gasteiger partial charge in [0.15, 0.2) is 11.7 Å². The van der Waals surface area contributed by atoms with Gasteiger partial charge in [0.1, 0.15) is 0 Å². The summed E-state index contributed by atoms with van der Waals surface area (Å²) in [6, 6.07) is 2.13. The molecule has 0 radical (unpaired) electrons. The first-order valence-corrected chi connectivity index (χ1v) is 8.20. The van der Waals surface area contributed by atoms with Gasteiger partial charge in [-0.1, -0.05) is 19.0 Å². The highest BCUT2D eigenvalue weighted by atomic mass is 127. The smallest absolute Gasteiger partial charge is 0.191 e. The maximum absolute atomic E-state index is 5.80. The van der Waals surface area contributed by atoms with Gasteiger partial charge in [0, 0.05) is 25.8 Å². The molecule has 1 aliphatic rings. The van der Waals surface area contributed by atoms with Crippen LogP contribution < -0.4 is 10.6 Å². The van der Waals surface area contributed by atoms with E-state index in [2.05, 4.69) is 41.6 Å². The summed E-state index contributed by atoms with van der Waals surface area (Å²) in [5, 5.41) is 10.6. The molecule has 2 atom stereocenters. The number of nitrogens with one attached hydrogen (secondary N) is 2. The van der Waals surface area contributed by atoms with Gasteiger partial charge in [-0.15, -0.1) is 24.0 Å². The average Bonchev–Trinajstić information content (AvgIpc) is 3.20. The second-order valence-electron chi connectivity index (χ2n) is 6.16. The molecule has 0 aromatic carbocycles. The van der Waals surface area contributed by atoms with Crippen molar-refractivity contribution in [2.24, 2.45) is 4.99 Å². The van der Waals surface area contributed by atoms with Crippen LogP contribution >= 0.6 is 24.0 Å². The van der Waals surface area contributed by atoms with Gasteiger partial charge >= 0.3 is 0 Å². The number of hydrogen-bond acceptors (Lipinski definition) is 5. The van der Waals surface area contributed by atoms with E-state index in [1.807, 2.05) is 6.07 Å². The molecule has 1 saturated heterocycles. The van der Waals surface area contributed by atoms with E-state index in [4.69, 9.17) is 14.0 Å². The van der Waals surface area contributed by atoms with Crippen LogP contribution in [0, 0.1) is 0 Å². The van der Waals surface area contributed by atoms with E-state index in [9.17, 15) is 0 Å². The fourth-order valence-corrected chi connectivity index (χ4v) is 2.25.